The van der Waals surface area contributed by atoms with Crippen LogP contribution in [0.4, 0.5) is 17.1 Å². The van der Waals surface area contributed by atoms with Gasteiger partial charge in [0.15, 0.2) is 0 Å². The minimum atomic E-state index is -3.32. The molecule has 3 heterocycles. The first-order valence-corrected chi connectivity index (χ1v) is 30.1. The molecule has 0 unspecified atom stereocenters. The maximum absolute atomic E-state index is 11.6. The van der Waals surface area contributed by atoms with Crippen LogP contribution in [0.5, 0.6) is 0 Å². The van der Waals surface area contributed by atoms with Crippen LogP contribution in [-0.4, -0.2) is 14.7 Å². The number of benzene rings is 6. The number of nitrogens with two attached hydrogens (primary N) is 2. The lowest BCUT2D eigenvalue weighted by Gasteiger charge is -2.12. The number of rotatable bonds is 5. The van der Waals surface area contributed by atoms with Gasteiger partial charge >= 0.3 is 0 Å². The van der Waals surface area contributed by atoms with Crippen molar-refractivity contribution in [3.05, 3.63) is 258 Å². The van der Waals surface area contributed by atoms with Crippen molar-refractivity contribution in [3.8, 4) is 0 Å². The highest BCUT2D eigenvalue weighted by molar-refractivity contribution is 7.92. The fourth-order valence-corrected chi connectivity index (χ4v) is 14.3. The molecule has 3 aliphatic carbocycles. The summed E-state index contributed by atoms with van der Waals surface area (Å²) in [5, 5.41) is 2.21. The van der Waals surface area contributed by atoms with Gasteiger partial charge in [0.2, 0.25) is 10.0 Å². The molecule has 0 saturated carbocycles. The summed E-state index contributed by atoms with van der Waals surface area (Å²) in [4.78, 5) is 4.13. The quantitative estimate of drug-likeness (QED) is 0.150. The highest BCUT2D eigenvalue weighted by Gasteiger charge is 2.23. The average Bonchev–Trinajstić information content (AvgIpc) is 4.03. The second-order valence-corrected chi connectivity index (χ2v) is 25.8. The van der Waals surface area contributed by atoms with Crippen molar-refractivity contribution >= 4 is 119 Å². The van der Waals surface area contributed by atoms with Crippen molar-refractivity contribution in [2.24, 2.45) is 0 Å². The summed E-state index contributed by atoms with van der Waals surface area (Å²) in [6.07, 6.45) is 14.1. The zero-order valence-corrected chi connectivity index (χ0v) is 47.0. The molecule has 0 amide bonds. The third-order valence-corrected chi connectivity index (χ3v) is 17.9. The summed E-state index contributed by atoms with van der Waals surface area (Å²) in [6, 6.07) is 50.1. The van der Waals surface area contributed by atoms with Gasteiger partial charge in [-0.15, -0.1) is 34.0 Å². The first-order valence-electron chi connectivity index (χ1n) is 25.0. The van der Waals surface area contributed by atoms with Gasteiger partial charge in [0, 0.05) is 31.7 Å². The van der Waals surface area contributed by atoms with Gasteiger partial charge in [0.25, 0.3) is 0 Å². The van der Waals surface area contributed by atoms with Crippen LogP contribution in [0.25, 0.3) is 34.9 Å². The smallest absolute Gasteiger partial charge is 0.229 e. The lowest BCUT2D eigenvalue weighted by Crippen LogP contribution is -2.09. The average molecular weight is 1100 g/mol. The molecule has 5 N–H and O–H groups in total. The van der Waals surface area contributed by atoms with E-state index in [1.54, 1.807) is 28.7 Å². The molecule has 3 aromatic heterocycles. The molecule has 0 aliphatic heterocycles. The summed E-state index contributed by atoms with van der Waals surface area (Å²) in [7, 11) is -3.32. The Balaban J connectivity index is 0.000000129. The number of nitrogens with one attached hydrogen (secondary N) is 1. The molecule has 0 atom stereocenters. The van der Waals surface area contributed by atoms with E-state index in [0.717, 1.165) is 87.1 Å². The fourth-order valence-electron chi connectivity index (χ4n) is 10.3. The lowest BCUT2D eigenvalue weighted by atomic mass is 9.93. The third kappa shape index (κ3) is 12.5. The normalized spacial score (nSPS) is 15.0. The van der Waals surface area contributed by atoms with E-state index in [0.29, 0.717) is 5.69 Å². The van der Waals surface area contributed by atoms with Crippen LogP contribution in [0.2, 0.25) is 8.67 Å². The molecule has 9 aromatic rings. The number of halogens is 2. The van der Waals surface area contributed by atoms with Crippen molar-refractivity contribution in [2.75, 3.05) is 22.4 Å². The van der Waals surface area contributed by atoms with E-state index in [-0.39, 0.29) is 0 Å². The Morgan fingerprint density at radius 2 is 0.880 bits per heavy atom. The maximum Gasteiger partial charge on any atom is 0.229 e. The Bertz CT molecular complexity index is 3840. The van der Waals surface area contributed by atoms with Gasteiger partial charge in [0.05, 0.1) is 14.9 Å². The standard InChI is InChI=1S/C22H20ClNO2S2.C21H18ClNS.C21H19NS/c1-14-6-8-18-16(10-14)7-9-21-20(13-22(23)27-21)19(18)12-15-4-3-5-17(11-15)24-28(2,25)26;1-13-5-7-17-15(9-13)6-8-20-19(12-21(22)24-20)18(17)11-14-3-2-4-16(23)10-14;1-14-5-7-18-16(11-14)6-8-21-19(9-10-23-21)20(18)13-15-3-2-4-17(22)12-15/h3-6,8,10-13,24H,7,9H2,1-2H3;2-5,7,9-12H,6,8,23H2,1H3;2-5,7,9-13H,6,8,22H2,1H3/b19-12+;18-11+;20-13+. The van der Waals surface area contributed by atoms with Gasteiger partial charge in [-0.3, -0.25) is 4.72 Å². The molecular weight excluding hydrogens is 1040 g/mol. The summed E-state index contributed by atoms with van der Waals surface area (Å²) in [5.41, 5.74) is 36.7. The van der Waals surface area contributed by atoms with Crippen molar-refractivity contribution in [1.29, 1.82) is 0 Å². The van der Waals surface area contributed by atoms with E-state index in [4.69, 9.17) is 34.7 Å². The van der Waals surface area contributed by atoms with Gasteiger partial charge in [-0.25, -0.2) is 8.42 Å². The number of nitrogen functional groups attached to an aromatic ring is 2. The molecule has 0 saturated heterocycles. The van der Waals surface area contributed by atoms with E-state index >= 15 is 0 Å². The fraction of sp³-hybridized carbons (Fsp3) is 0.156. The Hall–Kier alpha value is -6.43. The third-order valence-electron chi connectivity index (χ3n) is 13.6. The molecule has 12 rings (SSSR count). The zero-order chi connectivity index (χ0) is 52.4. The SMILES string of the molecule is Cc1ccc2c(c1)CCc1sc(Cl)cc1/C2=C/c1cccc(N)c1.Cc1ccc2c(c1)CCc1sc(Cl)cc1/C2=C/c1cccc(NS(C)(=O)=O)c1.Cc1ccc2c(c1)CCc1sccc1/C2=C/c1cccc(N)c1. The van der Waals surface area contributed by atoms with Crippen molar-refractivity contribution in [3.63, 3.8) is 0 Å². The second-order valence-electron chi connectivity index (χ2n) is 19.5. The van der Waals surface area contributed by atoms with Crippen LogP contribution in [0, 0.1) is 20.8 Å². The highest BCUT2D eigenvalue weighted by atomic mass is 35.5. The van der Waals surface area contributed by atoms with Crippen molar-refractivity contribution in [1.82, 2.24) is 0 Å². The van der Waals surface area contributed by atoms with E-state index in [2.05, 4.69) is 128 Å². The maximum atomic E-state index is 11.6. The summed E-state index contributed by atoms with van der Waals surface area (Å²) < 4.78 is 27.3. The van der Waals surface area contributed by atoms with E-state index in [1.165, 1.54) is 92.5 Å². The molecule has 75 heavy (non-hydrogen) atoms. The number of hydrogen-bond acceptors (Lipinski definition) is 7. The molecule has 378 valence electrons. The van der Waals surface area contributed by atoms with E-state index < -0.39 is 10.0 Å². The van der Waals surface area contributed by atoms with E-state index in [1.807, 2.05) is 72.0 Å². The number of anilines is 3. The van der Waals surface area contributed by atoms with Gasteiger partial charge in [0.1, 0.15) is 0 Å². The lowest BCUT2D eigenvalue weighted by molar-refractivity contribution is 0.607. The van der Waals surface area contributed by atoms with Crippen LogP contribution in [0.1, 0.15) is 98.1 Å². The van der Waals surface area contributed by atoms with Crippen molar-refractivity contribution < 1.29 is 8.42 Å². The molecule has 11 heteroatoms. The molecule has 0 fully saturated rings. The van der Waals surface area contributed by atoms with E-state index in [9.17, 15) is 8.42 Å². The van der Waals surface area contributed by atoms with Crippen LogP contribution in [0.3, 0.4) is 0 Å². The summed E-state index contributed by atoms with van der Waals surface area (Å²) >= 11 is 17.9. The Labute approximate surface area is 463 Å². The number of fused-ring (bicyclic) bond motifs is 6. The predicted octanol–water partition coefficient (Wildman–Crippen LogP) is 17.1. The number of thiophene rings is 3. The van der Waals surface area contributed by atoms with Crippen LogP contribution >= 0.6 is 57.2 Å². The topological polar surface area (TPSA) is 98.2 Å². The first-order chi connectivity index (χ1) is 36.1. The first kappa shape index (κ1) is 52.0. The Morgan fingerprint density at radius 3 is 1.32 bits per heavy atom. The minimum absolute atomic E-state index is 0.554. The highest BCUT2D eigenvalue weighted by Crippen LogP contribution is 2.43. The van der Waals surface area contributed by atoms with Gasteiger partial charge < -0.3 is 11.5 Å². The molecule has 0 spiro atoms. The molecule has 3 aliphatic rings. The zero-order valence-electron chi connectivity index (χ0n) is 42.3. The van der Waals surface area contributed by atoms with Crippen LogP contribution in [-0.2, 0) is 48.5 Å². The minimum Gasteiger partial charge on any atom is -0.399 e. The van der Waals surface area contributed by atoms with Crippen molar-refractivity contribution in [2.45, 2.75) is 59.3 Å². The largest absolute Gasteiger partial charge is 0.399 e. The van der Waals surface area contributed by atoms with Gasteiger partial charge in [-0.1, -0.05) is 131 Å². The molecular formula is C64H57Cl2N3O2S4. The monoisotopic (exact) mass is 1100 g/mol. The van der Waals surface area contributed by atoms with Gasteiger partial charge in [-0.2, -0.15) is 0 Å². The molecule has 5 nitrogen and oxygen atoms in total. The summed E-state index contributed by atoms with van der Waals surface area (Å²) in [6.45, 7) is 6.43. The molecule has 0 radical (unpaired) electrons. The van der Waals surface area contributed by atoms with Gasteiger partial charge in [-0.05, 0) is 221 Å². The molecule has 6 aromatic carbocycles. The van der Waals surface area contributed by atoms with Crippen LogP contribution in [0.15, 0.2) is 151 Å². The molecule has 0 bridgehead atoms. The summed E-state index contributed by atoms with van der Waals surface area (Å²) in [5.74, 6) is 0. The Kier molecular flexibility index (Phi) is 15.6. The predicted molar refractivity (Wildman–Crippen MR) is 326 cm³/mol. The Morgan fingerprint density at radius 1 is 0.467 bits per heavy atom. The number of sulfonamides is 1. The number of aryl methyl sites for hydroxylation is 9. The number of hydrogen-bond donors (Lipinski definition) is 3. The van der Waals surface area contributed by atoms with Crippen LogP contribution < -0.4 is 16.2 Å². The second kappa shape index (κ2) is 22.4.